The van der Waals surface area contributed by atoms with Gasteiger partial charge in [-0.15, -0.1) is 0 Å². The second-order valence-electron chi connectivity index (χ2n) is 5.66. The SMILES string of the molecule is Nc1ccc(CN(Cc2cc(F)cc(Br)c2)C2CC2)cc1. The molecular weight excluding hydrogens is 331 g/mol. The molecule has 0 amide bonds. The molecule has 0 bridgehead atoms. The van der Waals surface area contributed by atoms with Crippen molar-refractivity contribution in [2.24, 2.45) is 0 Å². The van der Waals surface area contributed by atoms with Gasteiger partial charge in [-0.25, -0.2) is 4.39 Å². The molecule has 2 N–H and O–H groups in total. The summed E-state index contributed by atoms with van der Waals surface area (Å²) < 4.78 is 14.3. The molecule has 1 aliphatic carbocycles. The molecule has 0 atom stereocenters. The number of rotatable bonds is 5. The molecule has 0 aliphatic heterocycles. The molecule has 1 saturated carbocycles. The average Bonchev–Trinajstić information content (AvgIpc) is 3.24. The van der Waals surface area contributed by atoms with Crippen molar-refractivity contribution in [1.82, 2.24) is 4.90 Å². The van der Waals surface area contributed by atoms with Crippen LogP contribution >= 0.6 is 15.9 Å². The molecule has 1 fully saturated rings. The molecule has 0 unspecified atom stereocenters. The van der Waals surface area contributed by atoms with E-state index >= 15 is 0 Å². The van der Waals surface area contributed by atoms with Crippen LogP contribution in [0.1, 0.15) is 24.0 Å². The minimum absolute atomic E-state index is 0.192. The quantitative estimate of drug-likeness (QED) is 0.814. The van der Waals surface area contributed by atoms with Gasteiger partial charge in [0.25, 0.3) is 0 Å². The third kappa shape index (κ3) is 4.05. The van der Waals surface area contributed by atoms with Crippen LogP contribution in [0.15, 0.2) is 46.9 Å². The predicted octanol–water partition coefficient (Wildman–Crippen LogP) is 4.34. The highest BCUT2D eigenvalue weighted by atomic mass is 79.9. The summed E-state index contributed by atoms with van der Waals surface area (Å²) in [5, 5.41) is 0. The zero-order valence-electron chi connectivity index (χ0n) is 11.7. The van der Waals surface area contributed by atoms with Crippen LogP contribution < -0.4 is 5.73 Å². The van der Waals surface area contributed by atoms with Crippen molar-refractivity contribution in [3.05, 3.63) is 63.9 Å². The summed E-state index contributed by atoms with van der Waals surface area (Å²) in [6.07, 6.45) is 2.46. The molecule has 2 aromatic carbocycles. The Labute approximate surface area is 132 Å². The molecule has 0 saturated heterocycles. The first-order valence-corrected chi connectivity index (χ1v) is 7.93. The number of anilines is 1. The molecule has 0 aromatic heterocycles. The lowest BCUT2D eigenvalue weighted by molar-refractivity contribution is 0.245. The lowest BCUT2D eigenvalue weighted by Gasteiger charge is -2.22. The fourth-order valence-corrected chi connectivity index (χ4v) is 3.06. The molecule has 3 rings (SSSR count). The second kappa shape index (κ2) is 6.16. The Morgan fingerprint density at radius 1 is 1.05 bits per heavy atom. The summed E-state index contributed by atoms with van der Waals surface area (Å²) >= 11 is 3.36. The van der Waals surface area contributed by atoms with Crippen LogP contribution in [-0.4, -0.2) is 10.9 Å². The highest BCUT2D eigenvalue weighted by Crippen LogP contribution is 2.30. The first kappa shape index (κ1) is 14.5. The molecule has 1 aliphatic rings. The van der Waals surface area contributed by atoms with Crippen molar-refractivity contribution in [1.29, 1.82) is 0 Å². The lowest BCUT2D eigenvalue weighted by atomic mass is 10.1. The van der Waals surface area contributed by atoms with Gasteiger partial charge in [0.1, 0.15) is 5.82 Å². The fourth-order valence-electron chi connectivity index (χ4n) is 2.55. The van der Waals surface area contributed by atoms with Crippen LogP contribution in [0.3, 0.4) is 0 Å². The van der Waals surface area contributed by atoms with E-state index in [1.54, 1.807) is 6.07 Å². The van der Waals surface area contributed by atoms with Gasteiger partial charge in [-0.1, -0.05) is 28.1 Å². The van der Waals surface area contributed by atoms with Crippen LogP contribution in [0, 0.1) is 5.82 Å². The smallest absolute Gasteiger partial charge is 0.124 e. The van der Waals surface area contributed by atoms with Gasteiger partial charge in [-0.05, 0) is 54.3 Å². The number of hydrogen-bond acceptors (Lipinski definition) is 2. The Balaban J connectivity index is 1.74. The third-order valence-electron chi connectivity index (χ3n) is 3.74. The van der Waals surface area contributed by atoms with Gasteiger partial charge in [0.2, 0.25) is 0 Å². The summed E-state index contributed by atoms with van der Waals surface area (Å²) in [6, 6.07) is 13.7. The van der Waals surface area contributed by atoms with Crippen LogP contribution in [0.25, 0.3) is 0 Å². The third-order valence-corrected chi connectivity index (χ3v) is 4.19. The summed E-state index contributed by atoms with van der Waals surface area (Å²) in [4.78, 5) is 2.41. The maximum atomic E-state index is 13.5. The van der Waals surface area contributed by atoms with Crippen molar-refractivity contribution in [2.45, 2.75) is 32.0 Å². The van der Waals surface area contributed by atoms with Gasteiger partial charge in [0.05, 0.1) is 0 Å². The van der Waals surface area contributed by atoms with Crippen LogP contribution in [0.2, 0.25) is 0 Å². The Kier molecular flexibility index (Phi) is 4.27. The average molecular weight is 349 g/mol. The molecule has 0 spiro atoms. The number of hydrogen-bond donors (Lipinski definition) is 1. The van der Waals surface area contributed by atoms with Gasteiger partial charge >= 0.3 is 0 Å². The normalized spacial score (nSPS) is 14.6. The van der Waals surface area contributed by atoms with Gasteiger partial charge in [-0.2, -0.15) is 0 Å². The zero-order chi connectivity index (χ0) is 14.8. The van der Waals surface area contributed by atoms with Gasteiger partial charge < -0.3 is 5.73 Å². The number of nitrogens with zero attached hydrogens (tertiary/aromatic N) is 1. The van der Waals surface area contributed by atoms with E-state index in [1.807, 2.05) is 18.2 Å². The van der Waals surface area contributed by atoms with Crippen molar-refractivity contribution >= 4 is 21.6 Å². The largest absolute Gasteiger partial charge is 0.399 e. The molecule has 0 radical (unpaired) electrons. The number of nitrogens with two attached hydrogens (primary N) is 1. The van der Waals surface area contributed by atoms with E-state index in [9.17, 15) is 4.39 Å². The van der Waals surface area contributed by atoms with Crippen molar-refractivity contribution < 1.29 is 4.39 Å². The van der Waals surface area contributed by atoms with E-state index in [0.29, 0.717) is 6.04 Å². The summed E-state index contributed by atoms with van der Waals surface area (Å²) in [5.74, 6) is -0.192. The minimum atomic E-state index is -0.192. The molecule has 0 heterocycles. The first-order valence-electron chi connectivity index (χ1n) is 7.13. The molecule has 21 heavy (non-hydrogen) atoms. The van der Waals surface area contributed by atoms with Gasteiger partial charge in [0.15, 0.2) is 0 Å². The summed E-state index contributed by atoms with van der Waals surface area (Å²) in [6.45, 7) is 1.64. The first-order chi connectivity index (χ1) is 10.1. The van der Waals surface area contributed by atoms with E-state index < -0.39 is 0 Å². The monoisotopic (exact) mass is 348 g/mol. The molecule has 2 nitrogen and oxygen atoms in total. The van der Waals surface area contributed by atoms with Crippen molar-refractivity contribution in [2.75, 3.05) is 5.73 Å². The second-order valence-corrected chi connectivity index (χ2v) is 6.57. The van der Waals surface area contributed by atoms with E-state index in [2.05, 4.69) is 33.0 Å². The van der Waals surface area contributed by atoms with E-state index in [1.165, 1.54) is 24.5 Å². The Bertz CT molecular complexity index is 603. The molecular formula is C17H18BrFN2. The Morgan fingerprint density at radius 2 is 1.71 bits per heavy atom. The van der Waals surface area contributed by atoms with E-state index in [-0.39, 0.29) is 5.82 Å². The number of benzene rings is 2. The Morgan fingerprint density at radius 3 is 2.33 bits per heavy atom. The zero-order valence-corrected chi connectivity index (χ0v) is 13.3. The van der Waals surface area contributed by atoms with Crippen LogP contribution in [0.5, 0.6) is 0 Å². The summed E-state index contributed by atoms with van der Waals surface area (Å²) in [5.41, 5.74) is 8.76. The topological polar surface area (TPSA) is 29.3 Å². The molecule has 2 aromatic rings. The van der Waals surface area contributed by atoms with Crippen molar-refractivity contribution in [3.63, 3.8) is 0 Å². The maximum Gasteiger partial charge on any atom is 0.124 e. The standard InChI is InChI=1S/C17H18BrFN2/c18-14-7-13(8-15(19)9-14)11-21(17-5-6-17)10-12-1-3-16(20)4-2-12/h1-4,7-9,17H,5-6,10-11,20H2. The van der Waals surface area contributed by atoms with Gasteiger partial charge in [0, 0.05) is 29.3 Å². The lowest BCUT2D eigenvalue weighted by Crippen LogP contribution is -2.25. The van der Waals surface area contributed by atoms with Crippen LogP contribution in [-0.2, 0) is 13.1 Å². The van der Waals surface area contributed by atoms with E-state index in [4.69, 9.17) is 5.73 Å². The molecule has 4 heteroatoms. The predicted molar refractivity (Wildman–Crippen MR) is 87.2 cm³/mol. The van der Waals surface area contributed by atoms with Crippen LogP contribution in [0.4, 0.5) is 10.1 Å². The summed E-state index contributed by atoms with van der Waals surface area (Å²) in [7, 11) is 0. The Hall–Kier alpha value is -1.39. The number of nitrogen functional groups attached to an aromatic ring is 1. The molecule has 110 valence electrons. The van der Waals surface area contributed by atoms with Crippen molar-refractivity contribution in [3.8, 4) is 0 Å². The highest BCUT2D eigenvalue weighted by molar-refractivity contribution is 9.10. The maximum absolute atomic E-state index is 13.5. The van der Waals surface area contributed by atoms with Gasteiger partial charge in [-0.3, -0.25) is 4.90 Å². The minimum Gasteiger partial charge on any atom is -0.399 e. The number of halogens is 2. The van der Waals surface area contributed by atoms with E-state index in [0.717, 1.165) is 28.8 Å². The fraction of sp³-hybridized carbons (Fsp3) is 0.294. The highest BCUT2D eigenvalue weighted by Gasteiger charge is 2.29.